The van der Waals surface area contributed by atoms with E-state index in [1.54, 1.807) is 0 Å². The van der Waals surface area contributed by atoms with Gasteiger partial charge in [-0.3, -0.25) is 15.1 Å². The summed E-state index contributed by atoms with van der Waals surface area (Å²) in [4.78, 5) is 14.5. The van der Waals surface area contributed by atoms with E-state index in [0.29, 0.717) is 0 Å². The molecule has 0 radical (unpaired) electrons. The molecule has 2 aliphatic heterocycles. The average molecular weight is 272 g/mol. The molecule has 0 fully saturated rings. The van der Waals surface area contributed by atoms with Crippen molar-refractivity contribution in [2.24, 2.45) is 0 Å². The first-order valence-corrected chi connectivity index (χ1v) is 7.12. The highest BCUT2D eigenvalue weighted by molar-refractivity contribution is 6.05. The van der Waals surface area contributed by atoms with Crippen molar-refractivity contribution in [2.45, 2.75) is 13.8 Å². The highest BCUT2D eigenvalue weighted by atomic mass is 16.2. The van der Waals surface area contributed by atoms with Gasteiger partial charge < -0.3 is 10.7 Å². The van der Waals surface area contributed by atoms with Crippen LogP contribution in [0.3, 0.4) is 0 Å². The van der Waals surface area contributed by atoms with Gasteiger partial charge in [-0.2, -0.15) is 0 Å². The molecule has 3 rings (SSSR count). The van der Waals surface area contributed by atoms with Crippen molar-refractivity contribution in [1.82, 2.24) is 15.8 Å². The van der Waals surface area contributed by atoms with Gasteiger partial charge in [-0.1, -0.05) is 19.9 Å². The lowest BCUT2D eigenvalue weighted by Crippen LogP contribution is -2.40. The maximum absolute atomic E-state index is 12.2. The minimum Gasteiger partial charge on any atom is -0.380 e. The number of carbonyl (C=O) groups is 1. The van der Waals surface area contributed by atoms with Crippen LogP contribution in [0.15, 0.2) is 23.9 Å². The number of nitrogens with one attached hydrogen (secondary N) is 3. The summed E-state index contributed by atoms with van der Waals surface area (Å²) in [5.41, 5.74) is 11.0. The number of likely N-dealkylation sites (N-methyl/N-ethyl adjacent to an activating group) is 1. The predicted molar refractivity (Wildman–Crippen MR) is 80.2 cm³/mol. The maximum Gasteiger partial charge on any atom is 0.270 e. The van der Waals surface area contributed by atoms with Crippen molar-refractivity contribution in [1.29, 1.82) is 0 Å². The van der Waals surface area contributed by atoms with Gasteiger partial charge in [-0.15, -0.1) is 0 Å². The van der Waals surface area contributed by atoms with E-state index in [2.05, 4.69) is 34.9 Å². The zero-order valence-corrected chi connectivity index (χ0v) is 11.9. The SMILES string of the molecule is CCN(CC)CC1=C2CNc3cccc(c32)C(=O)NN1. The molecule has 0 atom stereocenters. The number of nitrogens with zero attached hydrogens (tertiary/aromatic N) is 1. The summed E-state index contributed by atoms with van der Waals surface area (Å²) in [5, 5.41) is 3.37. The fourth-order valence-corrected chi connectivity index (χ4v) is 2.82. The highest BCUT2D eigenvalue weighted by Gasteiger charge is 2.28. The third-order valence-electron chi connectivity index (χ3n) is 4.03. The van der Waals surface area contributed by atoms with Gasteiger partial charge in [0.2, 0.25) is 0 Å². The van der Waals surface area contributed by atoms with Crippen LogP contribution in [-0.2, 0) is 0 Å². The molecule has 0 saturated heterocycles. The predicted octanol–water partition coefficient (Wildman–Crippen LogP) is 1.41. The Hall–Kier alpha value is -2.01. The summed E-state index contributed by atoms with van der Waals surface area (Å²) in [6.07, 6.45) is 0. The normalized spacial score (nSPS) is 16.4. The molecule has 0 unspecified atom stereocenters. The third-order valence-corrected chi connectivity index (χ3v) is 4.03. The quantitative estimate of drug-likeness (QED) is 0.776. The molecular formula is C15H20N4O. The number of hydrogen-bond acceptors (Lipinski definition) is 4. The zero-order valence-electron chi connectivity index (χ0n) is 11.9. The molecule has 0 aliphatic carbocycles. The molecule has 20 heavy (non-hydrogen) atoms. The fourth-order valence-electron chi connectivity index (χ4n) is 2.82. The lowest BCUT2D eigenvalue weighted by molar-refractivity contribution is 0.0939. The second kappa shape index (κ2) is 5.17. The molecule has 5 nitrogen and oxygen atoms in total. The second-order valence-electron chi connectivity index (χ2n) is 5.08. The third kappa shape index (κ3) is 2.04. The number of hydrogen-bond donors (Lipinski definition) is 3. The van der Waals surface area contributed by atoms with Gasteiger partial charge in [0.05, 0.1) is 11.3 Å². The molecule has 3 N–H and O–H groups in total. The first-order valence-electron chi connectivity index (χ1n) is 7.12. The molecule has 1 amide bonds. The van der Waals surface area contributed by atoms with Crippen molar-refractivity contribution >= 4 is 17.2 Å². The molecule has 106 valence electrons. The lowest BCUT2D eigenvalue weighted by Gasteiger charge is -2.21. The second-order valence-corrected chi connectivity index (χ2v) is 5.08. The summed E-state index contributed by atoms with van der Waals surface area (Å²) >= 11 is 0. The van der Waals surface area contributed by atoms with Gasteiger partial charge in [0.15, 0.2) is 0 Å². The van der Waals surface area contributed by atoms with E-state index in [0.717, 1.165) is 48.7 Å². The van der Waals surface area contributed by atoms with E-state index in [9.17, 15) is 4.79 Å². The van der Waals surface area contributed by atoms with E-state index in [1.165, 1.54) is 5.57 Å². The Morgan fingerprint density at radius 3 is 2.75 bits per heavy atom. The number of amides is 1. The fraction of sp³-hybridized carbons (Fsp3) is 0.400. The molecule has 0 spiro atoms. The van der Waals surface area contributed by atoms with Crippen LogP contribution in [0.25, 0.3) is 5.57 Å². The monoisotopic (exact) mass is 272 g/mol. The van der Waals surface area contributed by atoms with Gasteiger partial charge in [-0.05, 0) is 25.2 Å². The molecule has 0 saturated carbocycles. The molecule has 1 aromatic rings. The van der Waals surface area contributed by atoms with Crippen LogP contribution in [0.2, 0.25) is 0 Å². The zero-order chi connectivity index (χ0) is 14.1. The van der Waals surface area contributed by atoms with Gasteiger partial charge in [0.25, 0.3) is 5.91 Å². The minimum atomic E-state index is -0.0717. The molecule has 5 heteroatoms. The van der Waals surface area contributed by atoms with Crippen LogP contribution < -0.4 is 16.2 Å². The number of hydrazine groups is 1. The van der Waals surface area contributed by atoms with Gasteiger partial charge in [0.1, 0.15) is 0 Å². The Kier molecular flexibility index (Phi) is 3.36. The lowest BCUT2D eigenvalue weighted by atomic mass is 9.99. The van der Waals surface area contributed by atoms with Crippen LogP contribution in [0.1, 0.15) is 29.8 Å². The minimum absolute atomic E-state index is 0.0717. The Morgan fingerprint density at radius 2 is 2.00 bits per heavy atom. The number of rotatable bonds is 4. The summed E-state index contributed by atoms with van der Waals surface area (Å²) in [6.45, 7) is 7.87. The molecule has 1 aromatic carbocycles. The number of anilines is 1. The van der Waals surface area contributed by atoms with Crippen molar-refractivity contribution in [2.75, 3.05) is 31.5 Å². The molecule has 0 aromatic heterocycles. The first kappa shape index (κ1) is 13.0. The Labute approximate surface area is 119 Å². The Morgan fingerprint density at radius 1 is 1.20 bits per heavy atom. The van der Waals surface area contributed by atoms with Crippen molar-refractivity contribution in [3.05, 3.63) is 35.0 Å². The van der Waals surface area contributed by atoms with Gasteiger partial charge in [0, 0.05) is 29.9 Å². The summed E-state index contributed by atoms with van der Waals surface area (Å²) in [5.74, 6) is -0.0717. The average Bonchev–Trinajstić information content (AvgIpc) is 2.85. The molecule has 2 aliphatic rings. The van der Waals surface area contributed by atoms with Crippen molar-refractivity contribution in [3.63, 3.8) is 0 Å². The van der Waals surface area contributed by atoms with Crippen molar-refractivity contribution in [3.8, 4) is 0 Å². The standard InChI is InChI=1S/C15H20N4O/c1-3-19(4-2)9-13-11-8-16-12-7-5-6-10(14(11)12)15(20)18-17-13/h5-7,16-17H,3-4,8-9H2,1-2H3,(H,18,20). The van der Waals surface area contributed by atoms with Gasteiger partial charge in [-0.25, -0.2) is 0 Å². The maximum atomic E-state index is 12.2. The highest BCUT2D eigenvalue weighted by Crippen LogP contribution is 2.36. The van der Waals surface area contributed by atoms with Crippen LogP contribution in [0, 0.1) is 0 Å². The van der Waals surface area contributed by atoms with Crippen LogP contribution in [0.4, 0.5) is 5.69 Å². The van der Waals surface area contributed by atoms with Crippen LogP contribution >= 0.6 is 0 Å². The Bertz CT molecular complexity index is 575. The van der Waals surface area contributed by atoms with E-state index in [1.807, 2.05) is 18.2 Å². The smallest absolute Gasteiger partial charge is 0.270 e. The van der Waals surface area contributed by atoms with E-state index < -0.39 is 0 Å². The molecule has 2 heterocycles. The molecular weight excluding hydrogens is 252 g/mol. The van der Waals surface area contributed by atoms with Crippen LogP contribution in [0.5, 0.6) is 0 Å². The number of carbonyl (C=O) groups excluding carboxylic acids is 1. The van der Waals surface area contributed by atoms with E-state index in [-0.39, 0.29) is 5.91 Å². The van der Waals surface area contributed by atoms with E-state index in [4.69, 9.17) is 0 Å². The number of benzene rings is 1. The topological polar surface area (TPSA) is 56.4 Å². The van der Waals surface area contributed by atoms with Gasteiger partial charge >= 0.3 is 0 Å². The first-order chi connectivity index (χ1) is 9.74. The van der Waals surface area contributed by atoms with Crippen LogP contribution in [-0.4, -0.2) is 37.0 Å². The van der Waals surface area contributed by atoms with Crippen molar-refractivity contribution < 1.29 is 4.79 Å². The largest absolute Gasteiger partial charge is 0.380 e. The van der Waals surface area contributed by atoms with E-state index >= 15 is 0 Å². The summed E-state index contributed by atoms with van der Waals surface area (Å²) in [7, 11) is 0. The summed E-state index contributed by atoms with van der Waals surface area (Å²) < 4.78 is 0. The molecule has 0 bridgehead atoms. The Balaban J connectivity index is 2.05. The summed E-state index contributed by atoms with van der Waals surface area (Å²) in [6, 6.07) is 5.82.